The van der Waals surface area contributed by atoms with E-state index >= 15 is 0 Å². The minimum atomic E-state index is -3.05. The average Bonchev–Trinajstić information content (AvgIpc) is 2.60. The molecule has 0 radical (unpaired) electrons. The lowest BCUT2D eigenvalue weighted by molar-refractivity contribution is -0.130. The average molecular weight is 348 g/mol. The van der Waals surface area contributed by atoms with Crippen molar-refractivity contribution >= 4 is 11.9 Å². The first-order chi connectivity index (χ1) is 11.7. The molecule has 1 unspecified atom stereocenters. The molecule has 0 fully saturated rings. The number of hydrogen-bond donors (Lipinski definition) is 0. The fourth-order valence-electron chi connectivity index (χ4n) is 2.33. The molecule has 0 N–H and O–H groups in total. The van der Waals surface area contributed by atoms with Crippen molar-refractivity contribution in [2.75, 3.05) is 25.5 Å². The molecular weight excluding hydrogens is 326 g/mol. The van der Waals surface area contributed by atoms with Crippen molar-refractivity contribution in [3.8, 4) is 0 Å². The molecule has 1 amide bonds. The van der Waals surface area contributed by atoms with Gasteiger partial charge >= 0.3 is 0 Å². The van der Waals surface area contributed by atoms with E-state index in [1.165, 1.54) is 17.2 Å². The first-order valence-electron chi connectivity index (χ1n) is 7.93. The van der Waals surface area contributed by atoms with Gasteiger partial charge in [0.1, 0.15) is 5.69 Å². The van der Waals surface area contributed by atoms with Crippen molar-refractivity contribution in [2.45, 2.75) is 25.8 Å². The quantitative estimate of drug-likeness (QED) is 0.804. The summed E-state index contributed by atoms with van der Waals surface area (Å²) in [5.41, 5.74) is 0.646. The van der Waals surface area contributed by atoms with E-state index in [-0.39, 0.29) is 30.1 Å². The van der Waals surface area contributed by atoms with Crippen LogP contribution in [0.1, 0.15) is 31.1 Å². The fraction of sp³-hybridized carbons (Fsp3) is 0.389. The highest BCUT2D eigenvalue weighted by molar-refractivity contribution is 5.81. The van der Waals surface area contributed by atoms with Crippen molar-refractivity contribution in [3.05, 3.63) is 53.9 Å². The third-order valence-corrected chi connectivity index (χ3v) is 4.06. The van der Waals surface area contributed by atoms with Gasteiger partial charge in [-0.15, -0.1) is 0 Å². The van der Waals surface area contributed by atoms with Gasteiger partial charge in [0.15, 0.2) is 0 Å². The molecule has 1 aromatic heterocycles. The molecule has 1 atom stereocenters. The highest BCUT2D eigenvalue weighted by Crippen LogP contribution is 2.25. The Labute approximate surface area is 146 Å². The molecule has 134 valence electrons. The molecule has 0 aliphatic heterocycles. The molecule has 0 aliphatic rings. The Morgan fingerprint density at radius 1 is 1.20 bits per heavy atom. The van der Waals surface area contributed by atoms with E-state index in [2.05, 4.69) is 9.97 Å². The number of hydrogen-bond acceptors (Lipinski definition) is 4. The molecule has 2 aromatic rings. The number of aromatic nitrogens is 2. The Bertz CT molecular complexity index is 719. The molecule has 0 saturated heterocycles. The maximum absolute atomic E-state index is 13.4. The number of alkyl halides is 2. The minimum absolute atomic E-state index is 0.00753. The Morgan fingerprint density at radius 2 is 1.84 bits per heavy atom. The zero-order valence-electron chi connectivity index (χ0n) is 14.8. The summed E-state index contributed by atoms with van der Waals surface area (Å²) in [7, 11) is 3.32. The van der Waals surface area contributed by atoms with Crippen LogP contribution in [-0.4, -0.2) is 41.4 Å². The molecule has 7 heteroatoms. The van der Waals surface area contributed by atoms with Crippen molar-refractivity contribution in [1.82, 2.24) is 14.9 Å². The number of nitrogens with zero attached hydrogens (tertiary/aromatic N) is 4. The molecule has 0 bridgehead atoms. The van der Waals surface area contributed by atoms with Crippen LogP contribution in [0.2, 0.25) is 0 Å². The van der Waals surface area contributed by atoms with Gasteiger partial charge in [0, 0.05) is 27.2 Å². The molecule has 0 spiro atoms. The normalized spacial score (nSPS) is 12.6. The zero-order chi connectivity index (χ0) is 18.6. The topological polar surface area (TPSA) is 49.3 Å². The van der Waals surface area contributed by atoms with Crippen LogP contribution in [0, 0.1) is 0 Å². The van der Waals surface area contributed by atoms with Gasteiger partial charge in [-0.05, 0) is 18.6 Å². The Hall–Kier alpha value is -2.57. The zero-order valence-corrected chi connectivity index (χ0v) is 14.8. The lowest BCUT2D eigenvalue weighted by atomic mass is 10.1. The summed E-state index contributed by atoms with van der Waals surface area (Å²) in [6.45, 7) is 2.70. The third-order valence-electron chi connectivity index (χ3n) is 4.06. The predicted molar refractivity (Wildman–Crippen MR) is 92.5 cm³/mol. The van der Waals surface area contributed by atoms with Crippen LogP contribution in [0.4, 0.5) is 14.7 Å². The van der Waals surface area contributed by atoms with Gasteiger partial charge in [-0.2, -0.15) is 8.78 Å². The summed E-state index contributed by atoms with van der Waals surface area (Å²) < 4.78 is 26.8. The van der Waals surface area contributed by atoms with Crippen LogP contribution in [0.25, 0.3) is 0 Å². The molecular formula is C18H22F2N4O. The third kappa shape index (κ3) is 4.71. The fourth-order valence-corrected chi connectivity index (χ4v) is 2.33. The molecule has 1 aromatic carbocycles. The second-order valence-corrected chi connectivity index (χ2v) is 6.08. The van der Waals surface area contributed by atoms with E-state index in [0.717, 1.165) is 12.5 Å². The largest absolute Gasteiger partial charge is 0.337 e. The lowest BCUT2D eigenvalue weighted by Crippen LogP contribution is -2.38. The highest BCUT2D eigenvalue weighted by Gasteiger charge is 2.27. The number of carbonyl (C=O) groups is 1. The van der Waals surface area contributed by atoms with Crippen molar-refractivity contribution < 1.29 is 13.6 Å². The van der Waals surface area contributed by atoms with Crippen LogP contribution < -0.4 is 4.90 Å². The Balaban J connectivity index is 2.07. The maximum Gasteiger partial charge on any atom is 0.287 e. The van der Waals surface area contributed by atoms with Gasteiger partial charge in [0.2, 0.25) is 11.9 Å². The molecule has 2 rings (SSSR count). The van der Waals surface area contributed by atoms with Gasteiger partial charge in [0.25, 0.3) is 5.92 Å². The summed E-state index contributed by atoms with van der Waals surface area (Å²) in [5.74, 6) is -3.12. The lowest BCUT2D eigenvalue weighted by Gasteiger charge is -2.27. The summed E-state index contributed by atoms with van der Waals surface area (Å²) in [5, 5.41) is 0. The van der Waals surface area contributed by atoms with Gasteiger partial charge in [-0.1, -0.05) is 30.3 Å². The summed E-state index contributed by atoms with van der Waals surface area (Å²) in [6, 6.07) is 10.7. The first kappa shape index (κ1) is 18.8. The first-order valence-corrected chi connectivity index (χ1v) is 7.93. The minimum Gasteiger partial charge on any atom is -0.337 e. The monoisotopic (exact) mass is 348 g/mol. The standard InChI is InChI=1S/C18H22F2N4O/c1-13(14-8-6-5-7-9-14)24(4)16(25)12-23(3)17-21-11-10-15(22-17)18(2,19)20/h5-11,13H,12H2,1-4H3. The van der Waals surface area contributed by atoms with Gasteiger partial charge < -0.3 is 9.80 Å². The van der Waals surface area contributed by atoms with Crippen molar-refractivity contribution in [1.29, 1.82) is 0 Å². The molecule has 0 aliphatic carbocycles. The van der Waals surface area contributed by atoms with Crippen LogP contribution in [0.5, 0.6) is 0 Å². The maximum atomic E-state index is 13.4. The van der Waals surface area contributed by atoms with Crippen molar-refractivity contribution in [2.24, 2.45) is 0 Å². The summed E-state index contributed by atoms with van der Waals surface area (Å²) in [6.07, 6.45) is 1.27. The van der Waals surface area contributed by atoms with Crippen LogP contribution >= 0.6 is 0 Å². The Morgan fingerprint density at radius 3 is 2.44 bits per heavy atom. The van der Waals surface area contributed by atoms with E-state index < -0.39 is 5.92 Å². The number of benzene rings is 1. The van der Waals surface area contributed by atoms with Crippen LogP contribution in [0.3, 0.4) is 0 Å². The van der Waals surface area contributed by atoms with Crippen LogP contribution in [0.15, 0.2) is 42.6 Å². The van der Waals surface area contributed by atoms with Gasteiger partial charge in [0.05, 0.1) is 12.6 Å². The van der Waals surface area contributed by atoms with Crippen molar-refractivity contribution in [3.63, 3.8) is 0 Å². The van der Waals surface area contributed by atoms with E-state index in [4.69, 9.17) is 0 Å². The number of amides is 1. The Kier molecular flexibility index (Phi) is 5.66. The summed E-state index contributed by atoms with van der Waals surface area (Å²) in [4.78, 5) is 23.4. The number of carbonyl (C=O) groups excluding carboxylic acids is 1. The van der Waals surface area contributed by atoms with E-state index in [1.807, 2.05) is 37.3 Å². The molecule has 25 heavy (non-hydrogen) atoms. The number of likely N-dealkylation sites (N-methyl/N-ethyl adjacent to an activating group) is 2. The second kappa shape index (κ2) is 7.55. The second-order valence-electron chi connectivity index (χ2n) is 6.08. The highest BCUT2D eigenvalue weighted by atomic mass is 19.3. The van der Waals surface area contributed by atoms with E-state index in [9.17, 15) is 13.6 Å². The van der Waals surface area contributed by atoms with Gasteiger partial charge in [-0.3, -0.25) is 4.79 Å². The van der Waals surface area contributed by atoms with Gasteiger partial charge in [-0.25, -0.2) is 9.97 Å². The SMILES string of the molecule is CC(c1ccccc1)N(C)C(=O)CN(C)c1nccc(C(C)(F)F)n1. The number of halogens is 2. The van der Waals surface area contributed by atoms with Crippen LogP contribution in [-0.2, 0) is 10.7 Å². The summed E-state index contributed by atoms with van der Waals surface area (Å²) >= 11 is 0. The number of rotatable bonds is 6. The van der Waals surface area contributed by atoms with E-state index in [1.54, 1.807) is 19.0 Å². The predicted octanol–water partition coefficient (Wildman–Crippen LogP) is 3.24. The number of anilines is 1. The smallest absolute Gasteiger partial charge is 0.287 e. The molecule has 0 saturated carbocycles. The molecule has 5 nitrogen and oxygen atoms in total. The molecule has 1 heterocycles. The van der Waals surface area contributed by atoms with E-state index in [0.29, 0.717) is 0 Å².